The highest BCUT2D eigenvalue weighted by atomic mass is 32.2. The first kappa shape index (κ1) is 24.0. The van der Waals surface area contributed by atoms with Crippen LogP contribution in [0.3, 0.4) is 0 Å². The smallest absolute Gasteiger partial charge is 0.243 e. The highest BCUT2D eigenvalue weighted by Gasteiger charge is 2.30. The van der Waals surface area contributed by atoms with Crippen LogP contribution in [0, 0.1) is 6.92 Å². The average Bonchev–Trinajstić information content (AvgIpc) is 2.69. The summed E-state index contributed by atoms with van der Waals surface area (Å²) in [7, 11) is 0. The van der Waals surface area contributed by atoms with E-state index in [0.29, 0.717) is 18.7 Å². The number of nitrogens with one attached hydrogen (secondary N) is 1. The van der Waals surface area contributed by atoms with Gasteiger partial charge in [-0.25, -0.2) is 0 Å². The van der Waals surface area contributed by atoms with Gasteiger partial charge in [0.25, 0.3) is 0 Å². The van der Waals surface area contributed by atoms with Gasteiger partial charge in [0.05, 0.1) is 5.75 Å². The van der Waals surface area contributed by atoms with Crippen molar-refractivity contribution in [2.75, 3.05) is 12.3 Å². The van der Waals surface area contributed by atoms with Gasteiger partial charge in [0.2, 0.25) is 11.8 Å². The molecular formula is C25H34N2O2S. The molecule has 0 spiro atoms. The van der Waals surface area contributed by atoms with Crippen LogP contribution in [0.5, 0.6) is 0 Å². The largest absolute Gasteiger partial charge is 0.350 e. The second-order valence-electron chi connectivity index (χ2n) is 8.59. The minimum atomic E-state index is -0.473. The minimum Gasteiger partial charge on any atom is -0.350 e. The number of carbonyl (C=O) groups is 2. The standard InChI is InChI=1S/C25H34N2O2S/c1-6-22(24(29)26-25(3,4)5)27(17-16-20-10-8-7-9-11-20)23(28)18-30-21-14-12-19(2)13-15-21/h7-15,22H,6,16-18H2,1-5H3,(H,26,29)/t22-/m1/s1. The number of thioether (sulfide) groups is 1. The van der Waals surface area contributed by atoms with Crippen LogP contribution >= 0.6 is 11.8 Å². The molecule has 0 bridgehead atoms. The van der Waals surface area contributed by atoms with Crippen molar-refractivity contribution < 1.29 is 9.59 Å². The summed E-state index contributed by atoms with van der Waals surface area (Å²) in [5.41, 5.74) is 2.02. The highest BCUT2D eigenvalue weighted by molar-refractivity contribution is 8.00. The topological polar surface area (TPSA) is 49.4 Å². The fourth-order valence-corrected chi connectivity index (χ4v) is 4.00. The van der Waals surface area contributed by atoms with Crippen molar-refractivity contribution >= 4 is 23.6 Å². The fraction of sp³-hybridized carbons (Fsp3) is 0.440. The summed E-state index contributed by atoms with van der Waals surface area (Å²) in [5.74, 6) is 0.219. The van der Waals surface area contributed by atoms with Crippen molar-refractivity contribution in [1.29, 1.82) is 0 Å². The normalized spacial score (nSPS) is 12.3. The van der Waals surface area contributed by atoms with Crippen molar-refractivity contribution in [3.8, 4) is 0 Å². The quantitative estimate of drug-likeness (QED) is 0.583. The van der Waals surface area contributed by atoms with Gasteiger partial charge in [-0.1, -0.05) is 55.0 Å². The van der Waals surface area contributed by atoms with Gasteiger partial charge in [0, 0.05) is 17.0 Å². The predicted octanol–water partition coefficient (Wildman–Crippen LogP) is 4.85. The summed E-state index contributed by atoms with van der Waals surface area (Å²) in [6.07, 6.45) is 1.30. The van der Waals surface area contributed by atoms with Crippen LogP contribution in [-0.2, 0) is 16.0 Å². The Morgan fingerprint density at radius 2 is 1.67 bits per heavy atom. The van der Waals surface area contributed by atoms with Crippen molar-refractivity contribution in [1.82, 2.24) is 10.2 Å². The lowest BCUT2D eigenvalue weighted by Crippen LogP contribution is -2.54. The third-order valence-corrected chi connectivity index (χ3v) is 5.75. The van der Waals surface area contributed by atoms with Crippen LogP contribution in [0.4, 0.5) is 0 Å². The molecule has 0 heterocycles. The second-order valence-corrected chi connectivity index (χ2v) is 9.64. The number of benzene rings is 2. The molecule has 0 saturated heterocycles. The van der Waals surface area contributed by atoms with Crippen molar-refractivity contribution in [2.24, 2.45) is 0 Å². The van der Waals surface area contributed by atoms with Gasteiger partial charge in [0.1, 0.15) is 6.04 Å². The minimum absolute atomic E-state index is 0.00702. The van der Waals surface area contributed by atoms with E-state index in [0.717, 1.165) is 16.9 Å². The van der Waals surface area contributed by atoms with E-state index in [1.165, 1.54) is 17.3 Å². The molecule has 162 valence electrons. The Labute approximate surface area is 185 Å². The van der Waals surface area contributed by atoms with Crippen LogP contribution in [0.15, 0.2) is 59.5 Å². The Kier molecular flexibility index (Phi) is 8.97. The Bertz CT molecular complexity index is 813. The van der Waals surface area contributed by atoms with Crippen molar-refractivity contribution in [2.45, 2.75) is 63.9 Å². The number of aryl methyl sites for hydroxylation is 1. The first-order valence-corrected chi connectivity index (χ1v) is 11.5. The zero-order chi connectivity index (χ0) is 22.1. The number of hydrogen-bond acceptors (Lipinski definition) is 3. The van der Waals surface area contributed by atoms with Crippen molar-refractivity contribution in [3.63, 3.8) is 0 Å². The molecule has 2 rings (SSSR count). The summed E-state index contributed by atoms with van der Waals surface area (Å²) in [6, 6.07) is 17.8. The maximum Gasteiger partial charge on any atom is 0.243 e. The first-order chi connectivity index (χ1) is 14.2. The summed E-state index contributed by atoms with van der Waals surface area (Å²) in [6.45, 7) is 10.4. The van der Waals surface area contributed by atoms with Crippen molar-refractivity contribution in [3.05, 3.63) is 65.7 Å². The molecule has 0 radical (unpaired) electrons. The number of amides is 2. The number of rotatable bonds is 9. The summed E-state index contributed by atoms with van der Waals surface area (Å²) >= 11 is 1.52. The van der Waals surface area contributed by atoms with Crippen LogP contribution in [0.1, 0.15) is 45.2 Å². The number of hydrogen-bond donors (Lipinski definition) is 1. The zero-order valence-corrected chi connectivity index (χ0v) is 19.6. The molecule has 0 fully saturated rings. The molecule has 0 unspecified atom stereocenters. The summed E-state index contributed by atoms with van der Waals surface area (Å²) in [5, 5.41) is 3.04. The van der Waals surface area contributed by atoms with E-state index >= 15 is 0 Å². The Morgan fingerprint density at radius 1 is 1.03 bits per heavy atom. The third kappa shape index (κ3) is 7.86. The van der Waals surface area contributed by atoms with Gasteiger partial charge >= 0.3 is 0 Å². The van der Waals surface area contributed by atoms with E-state index in [9.17, 15) is 9.59 Å². The lowest BCUT2D eigenvalue weighted by atomic mass is 10.1. The molecule has 0 aliphatic heterocycles. The molecule has 5 heteroatoms. The van der Waals surface area contributed by atoms with Crippen LogP contribution in [0.2, 0.25) is 0 Å². The van der Waals surface area contributed by atoms with Crippen LogP contribution < -0.4 is 5.32 Å². The zero-order valence-electron chi connectivity index (χ0n) is 18.8. The van der Waals surface area contributed by atoms with Gasteiger partial charge in [-0.05, 0) is 58.2 Å². The maximum atomic E-state index is 13.2. The van der Waals surface area contributed by atoms with Crippen LogP contribution in [-0.4, -0.2) is 40.6 Å². The van der Waals surface area contributed by atoms with Gasteiger partial charge in [-0.3, -0.25) is 9.59 Å². The summed E-state index contributed by atoms with van der Waals surface area (Å²) in [4.78, 5) is 29.0. The molecular weight excluding hydrogens is 392 g/mol. The molecule has 0 aliphatic carbocycles. The lowest BCUT2D eigenvalue weighted by Gasteiger charge is -2.33. The Hall–Kier alpha value is -2.27. The molecule has 2 aromatic carbocycles. The predicted molar refractivity (Wildman–Crippen MR) is 126 cm³/mol. The van der Waals surface area contributed by atoms with Gasteiger partial charge in [-0.2, -0.15) is 0 Å². The average molecular weight is 427 g/mol. The molecule has 4 nitrogen and oxygen atoms in total. The molecule has 1 N–H and O–H groups in total. The molecule has 30 heavy (non-hydrogen) atoms. The number of nitrogens with zero attached hydrogens (tertiary/aromatic N) is 1. The van der Waals surface area contributed by atoms with Gasteiger partial charge in [0.15, 0.2) is 0 Å². The lowest BCUT2D eigenvalue weighted by molar-refractivity contribution is -0.139. The molecule has 2 amide bonds. The third-order valence-electron chi connectivity index (χ3n) is 4.75. The van der Waals surface area contributed by atoms with Gasteiger partial charge < -0.3 is 10.2 Å². The maximum absolute atomic E-state index is 13.2. The molecule has 1 atom stereocenters. The number of carbonyl (C=O) groups excluding carboxylic acids is 2. The fourth-order valence-electron chi connectivity index (χ4n) is 3.21. The van der Waals surface area contributed by atoms with E-state index in [1.54, 1.807) is 4.90 Å². The van der Waals surface area contributed by atoms with E-state index in [1.807, 2.05) is 77.1 Å². The highest BCUT2D eigenvalue weighted by Crippen LogP contribution is 2.20. The molecule has 0 aromatic heterocycles. The van der Waals surface area contributed by atoms with E-state index in [4.69, 9.17) is 0 Å². The van der Waals surface area contributed by atoms with E-state index in [2.05, 4.69) is 17.4 Å². The van der Waals surface area contributed by atoms with Gasteiger partial charge in [-0.15, -0.1) is 11.8 Å². The first-order valence-electron chi connectivity index (χ1n) is 10.5. The monoisotopic (exact) mass is 426 g/mol. The van der Waals surface area contributed by atoms with Crippen LogP contribution in [0.25, 0.3) is 0 Å². The van der Waals surface area contributed by atoms with E-state index in [-0.39, 0.29) is 17.4 Å². The second kappa shape index (κ2) is 11.2. The Balaban J connectivity index is 2.14. The Morgan fingerprint density at radius 3 is 2.23 bits per heavy atom. The summed E-state index contributed by atoms with van der Waals surface area (Å²) < 4.78 is 0. The van der Waals surface area contributed by atoms with E-state index < -0.39 is 6.04 Å². The molecule has 0 aliphatic rings. The molecule has 0 saturated carbocycles. The SMILES string of the molecule is CC[C@H](C(=O)NC(C)(C)C)N(CCc1ccccc1)C(=O)CSc1ccc(C)cc1. The molecule has 2 aromatic rings.